The first kappa shape index (κ1) is 26.9. The van der Waals surface area contributed by atoms with Crippen molar-refractivity contribution in [2.75, 3.05) is 6.54 Å². The highest BCUT2D eigenvalue weighted by Crippen LogP contribution is 2.30. The molecule has 0 aromatic heterocycles. The van der Waals surface area contributed by atoms with E-state index >= 15 is 0 Å². The van der Waals surface area contributed by atoms with Crippen LogP contribution in [0.25, 0.3) is 0 Å². The molecule has 1 aliphatic heterocycles. The zero-order valence-corrected chi connectivity index (χ0v) is 22.3. The Morgan fingerprint density at radius 1 is 1.08 bits per heavy atom. The maximum absolute atomic E-state index is 13.4. The van der Waals surface area contributed by atoms with Gasteiger partial charge in [0.05, 0.1) is 5.56 Å². The summed E-state index contributed by atoms with van der Waals surface area (Å²) in [7, 11) is -3.92. The van der Waals surface area contributed by atoms with Crippen molar-refractivity contribution in [3.8, 4) is 0 Å². The van der Waals surface area contributed by atoms with Crippen LogP contribution in [0.1, 0.15) is 73.4 Å². The van der Waals surface area contributed by atoms with Gasteiger partial charge in [0, 0.05) is 25.6 Å². The molecule has 1 unspecified atom stereocenters. The molecule has 4 rings (SSSR count). The highest BCUT2D eigenvalue weighted by atomic mass is 32.2. The number of sulfonamides is 1. The Bertz CT molecular complexity index is 1270. The van der Waals surface area contributed by atoms with Gasteiger partial charge in [-0.05, 0) is 50.8 Å². The summed E-state index contributed by atoms with van der Waals surface area (Å²) in [5, 5.41) is 3.11. The summed E-state index contributed by atoms with van der Waals surface area (Å²) in [6.45, 7) is 3.88. The second kappa shape index (κ2) is 11.5. The van der Waals surface area contributed by atoms with E-state index in [4.69, 9.17) is 0 Å². The lowest BCUT2D eigenvalue weighted by Gasteiger charge is -2.31. The summed E-state index contributed by atoms with van der Waals surface area (Å²) in [6, 6.07) is 13.4. The lowest BCUT2D eigenvalue weighted by molar-refractivity contribution is -0.141. The number of benzene rings is 2. The van der Waals surface area contributed by atoms with Crippen LogP contribution < -0.4 is 5.32 Å². The van der Waals surface area contributed by atoms with Crippen LogP contribution in [0, 0.1) is 6.92 Å². The Hall–Kier alpha value is -3.20. The SMILES string of the molecule is Cc1cccc(CN(C(=O)CCCN2C(=O)c3ccccc3S2(=O)=O)C(C)C(=O)NC2CCCCC2)c1. The van der Waals surface area contributed by atoms with E-state index in [1.54, 1.807) is 24.0 Å². The average molecular weight is 526 g/mol. The molecular weight excluding hydrogens is 490 g/mol. The summed E-state index contributed by atoms with van der Waals surface area (Å²) in [6.07, 6.45) is 5.44. The standard InChI is InChI=1S/C28H35N3O5S/c1-20-10-8-11-22(18-20)19-30(21(2)27(33)29-23-12-4-3-5-13-23)26(32)16-9-17-31-28(34)24-14-6-7-15-25(24)37(31,35)36/h6-8,10-11,14-15,18,21,23H,3-5,9,12-13,16-17,19H2,1-2H3,(H,29,33). The zero-order chi connectivity index (χ0) is 26.6. The largest absolute Gasteiger partial charge is 0.352 e. The molecule has 8 nitrogen and oxygen atoms in total. The number of carbonyl (C=O) groups is 3. The van der Waals surface area contributed by atoms with E-state index in [0.717, 1.165) is 41.1 Å². The van der Waals surface area contributed by atoms with E-state index in [1.807, 2.05) is 31.2 Å². The Labute approximate surface area is 219 Å². The first-order chi connectivity index (χ1) is 17.7. The minimum atomic E-state index is -3.92. The molecule has 2 aromatic rings. The molecule has 37 heavy (non-hydrogen) atoms. The van der Waals surface area contributed by atoms with Crippen LogP contribution in [-0.2, 0) is 26.2 Å². The van der Waals surface area contributed by atoms with Gasteiger partial charge in [0.1, 0.15) is 10.9 Å². The van der Waals surface area contributed by atoms with Crippen LogP contribution in [0.15, 0.2) is 53.4 Å². The Kier molecular flexibility index (Phi) is 8.32. The van der Waals surface area contributed by atoms with E-state index in [-0.39, 0.29) is 54.2 Å². The number of nitrogens with one attached hydrogen (secondary N) is 1. The fraction of sp³-hybridized carbons (Fsp3) is 0.464. The van der Waals surface area contributed by atoms with Gasteiger partial charge in [0.25, 0.3) is 15.9 Å². The van der Waals surface area contributed by atoms with Crippen LogP contribution in [0.5, 0.6) is 0 Å². The van der Waals surface area contributed by atoms with E-state index in [1.165, 1.54) is 18.6 Å². The normalized spacial score (nSPS) is 17.8. The quantitative estimate of drug-likeness (QED) is 0.537. The Morgan fingerprint density at radius 3 is 2.51 bits per heavy atom. The molecule has 3 amide bonds. The van der Waals surface area contributed by atoms with Gasteiger partial charge in [-0.15, -0.1) is 0 Å². The molecule has 1 fully saturated rings. The molecule has 2 aromatic carbocycles. The number of rotatable bonds is 9. The van der Waals surface area contributed by atoms with Gasteiger partial charge in [-0.1, -0.05) is 61.2 Å². The zero-order valence-electron chi connectivity index (χ0n) is 21.5. The van der Waals surface area contributed by atoms with Crippen molar-refractivity contribution >= 4 is 27.7 Å². The second-order valence-electron chi connectivity index (χ2n) is 10.0. The summed E-state index contributed by atoms with van der Waals surface area (Å²) >= 11 is 0. The van der Waals surface area contributed by atoms with Crippen molar-refractivity contribution in [1.29, 1.82) is 0 Å². The van der Waals surface area contributed by atoms with Crippen molar-refractivity contribution in [2.24, 2.45) is 0 Å². The molecule has 0 bridgehead atoms. The second-order valence-corrected chi connectivity index (χ2v) is 11.8. The third-order valence-electron chi connectivity index (χ3n) is 7.22. The summed E-state index contributed by atoms with van der Waals surface area (Å²) in [5.41, 5.74) is 2.13. The molecule has 198 valence electrons. The molecular formula is C28H35N3O5S. The molecule has 9 heteroatoms. The van der Waals surface area contributed by atoms with Crippen LogP contribution in [0.2, 0.25) is 0 Å². The van der Waals surface area contributed by atoms with Crippen molar-refractivity contribution in [3.05, 3.63) is 65.2 Å². The molecule has 1 aliphatic carbocycles. The molecule has 1 atom stereocenters. The minimum Gasteiger partial charge on any atom is -0.352 e. The number of hydrogen-bond acceptors (Lipinski definition) is 5. The minimum absolute atomic E-state index is 0.000376. The van der Waals surface area contributed by atoms with Gasteiger partial charge in [0.2, 0.25) is 11.8 Å². The highest BCUT2D eigenvalue weighted by molar-refractivity contribution is 7.90. The number of amides is 3. The maximum atomic E-state index is 13.4. The number of carbonyl (C=O) groups excluding carboxylic acids is 3. The van der Waals surface area contributed by atoms with Gasteiger partial charge < -0.3 is 10.2 Å². The summed E-state index contributed by atoms with van der Waals surface area (Å²) < 4.78 is 26.5. The smallest absolute Gasteiger partial charge is 0.269 e. The van der Waals surface area contributed by atoms with E-state index in [9.17, 15) is 22.8 Å². The number of aryl methyl sites for hydroxylation is 1. The molecule has 2 aliphatic rings. The first-order valence-corrected chi connectivity index (χ1v) is 14.4. The predicted molar refractivity (Wildman–Crippen MR) is 140 cm³/mol. The monoisotopic (exact) mass is 525 g/mol. The topological polar surface area (TPSA) is 104 Å². The van der Waals surface area contributed by atoms with Gasteiger partial charge in [0.15, 0.2) is 0 Å². The summed E-state index contributed by atoms with van der Waals surface area (Å²) in [4.78, 5) is 40.8. The van der Waals surface area contributed by atoms with Crippen LogP contribution in [0.4, 0.5) is 0 Å². The van der Waals surface area contributed by atoms with Gasteiger partial charge in [-0.2, -0.15) is 0 Å². The van der Waals surface area contributed by atoms with Crippen LogP contribution >= 0.6 is 0 Å². The molecule has 1 N–H and O–H groups in total. The van der Waals surface area contributed by atoms with Crippen LogP contribution in [0.3, 0.4) is 0 Å². The molecule has 1 saturated carbocycles. The van der Waals surface area contributed by atoms with E-state index in [0.29, 0.717) is 0 Å². The van der Waals surface area contributed by atoms with Crippen molar-refractivity contribution in [1.82, 2.24) is 14.5 Å². The number of fused-ring (bicyclic) bond motifs is 1. The molecule has 0 radical (unpaired) electrons. The number of hydrogen-bond donors (Lipinski definition) is 1. The van der Waals surface area contributed by atoms with Crippen molar-refractivity contribution in [3.63, 3.8) is 0 Å². The third-order valence-corrected chi connectivity index (χ3v) is 9.06. The maximum Gasteiger partial charge on any atom is 0.269 e. The van der Waals surface area contributed by atoms with E-state index in [2.05, 4.69) is 5.32 Å². The summed E-state index contributed by atoms with van der Waals surface area (Å²) in [5.74, 6) is -1.00. The predicted octanol–water partition coefficient (Wildman–Crippen LogP) is 3.79. The Balaban J connectivity index is 1.43. The molecule has 0 spiro atoms. The van der Waals surface area contributed by atoms with Gasteiger partial charge >= 0.3 is 0 Å². The van der Waals surface area contributed by atoms with Gasteiger partial charge in [-0.25, -0.2) is 12.7 Å². The fourth-order valence-electron chi connectivity index (χ4n) is 5.13. The Morgan fingerprint density at radius 2 is 1.81 bits per heavy atom. The fourth-order valence-corrected chi connectivity index (χ4v) is 6.74. The van der Waals surface area contributed by atoms with E-state index < -0.39 is 22.0 Å². The average Bonchev–Trinajstić information content (AvgIpc) is 3.08. The molecule has 0 saturated heterocycles. The van der Waals surface area contributed by atoms with Gasteiger partial charge in [-0.3, -0.25) is 14.4 Å². The van der Waals surface area contributed by atoms with Crippen LogP contribution in [-0.4, -0.2) is 54.0 Å². The first-order valence-electron chi connectivity index (χ1n) is 13.0. The molecule has 1 heterocycles. The highest BCUT2D eigenvalue weighted by Gasteiger charge is 2.40. The third kappa shape index (κ3) is 6.04. The number of nitrogens with zero attached hydrogens (tertiary/aromatic N) is 2. The lowest BCUT2D eigenvalue weighted by atomic mass is 9.95. The van der Waals surface area contributed by atoms with Crippen molar-refractivity contribution < 1.29 is 22.8 Å². The van der Waals surface area contributed by atoms with Crippen molar-refractivity contribution in [2.45, 2.75) is 82.3 Å². The lowest BCUT2D eigenvalue weighted by Crippen LogP contribution is -2.50.